The molecule has 0 unspecified atom stereocenters. The molecule has 0 aliphatic heterocycles. The molecule has 3 heteroatoms. The zero-order valence-electron chi connectivity index (χ0n) is 19.5. The fourth-order valence-electron chi connectivity index (χ4n) is 6.44. The normalized spacial score (nSPS) is 14.2. The van der Waals surface area contributed by atoms with Gasteiger partial charge >= 0.3 is 0 Å². The third-order valence-corrected chi connectivity index (χ3v) is 8.77. The summed E-state index contributed by atoms with van der Waals surface area (Å²) in [6.45, 7) is 4.76. The molecule has 0 amide bonds. The molecule has 2 aromatic heterocycles. The minimum atomic E-state index is -0.0858. The highest BCUT2D eigenvalue weighted by molar-refractivity contribution is 7.17. The standard InChI is InChI=1S/C32H22N2S/c1-32(2)24-17-16-22-21-10-5-6-12-26(21)34(27-13-7-11-25-31(27)35-18-33-25)30(22)28(24)23-15-14-19-8-3-4-9-20(19)29(23)32/h3-18H,1-2H3. The van der Waals surface area contributed by atoms with Gasteiger partial charge in [-0.15, -0.1) is 11.3 Å². The highest BCUT2D eigenvalue weighted by Crippen LogP contribution is 2.55. The number of rotatable bonds is 1. The second-order valence-corrected chi connectivity index (χ2v) is 10.9. The van der Waals surface area contributed by atoms with Crippen LogP contribution in [0.25, 0.3) is 59.6 Å². The lowest BCUT2D eigenvalue weighted by Gasteiger charge is -2.23. The Morgan fingerprint density at radius 2 is 1.57 bits per heavy atom. The van der Waals surface area contributed by atoms with Gasteiger partial charge in [-0.3, -0.25) is 0 Å². The average Bonchev–Trinajstić information content (AvgIpc) is 3.56. The molecule has 1 aliphatic carbocycles. The van der Waals surface area contributed by atoms with Gasteiger partial charge in [-0.2, -0.15) is 0 Å². The van der Waals surface area contributed by atoms with Crippen molar-refractivity contribution in [1.29, 1.82) is 0 Å². The van der Waals surface area contributed by atoms with Crippen LogP contribution in [0.1, 0.15) is 25.0 Å². The zero-order chi connectivity index (χ0) is 23.3. The van der Waals surface area contributed by atoms with E-state index in [-0.39, 0.29) is 5.41 Å². The largest absolute Gasteiger partial charge is 0.307 e. The monoisotopic (exact) mass is 466 g/mol. The molecule has 0 bridgehead atoms. The summed E-state index contributed by atoms with van der Waals surface area (Å²) < 4.78 is 3.72. The van der Waals surface area contributed by atoms with Crippen LogP contribution in [0.5, 0.6) is 0 Å². The van der Waals surface area contributed by atoms with Gasteiger partial charge in [-0.05, 0) is 45.7 Å². The number of fused-ring (bicyclic) bond motifs is 10. The number of benzene rings is 5. The number of para-hydroxylation sites is 1. The average molecular weight is 467 g/mol. The number of hydrogen-bond donors (Lipinski definition) is 0. The number of thiazole rings is 1. The summed E-state index contributed by atoms with van der Waals surface area (Å²) >= 11 is 1.72. The van der Waals surface area contributed by atoms with E-state index in [1.807, 2.05) is 5.51 Å². The van der Waals surface area contributed by atoms with Gasteiger partial charge in [0, 0.05) is 21.8 Å². The molecule has 166 valence electrons. The van der Waals surface area contributed by atoms with Crippen molar-refractivity contribution in [2.24, 2.45) is 0 Å². The van der Waals surface area contributed by atoms with E-state index in [4.69, 9.17) is 0 Å². The summed E-state index contributed by atoms with van der Waals surface area (Å²) in [7, 11) is 0. The van der Waals surface area contributed by atoms with E-state index in [1.54, 1.807) is 11.3 Å². The predicted molar refractivity (Wildman–Crippen MR) is 149 cm³/mol. The molecular formula is C32H22N2S. The van der Waals surface area contributed by atoms with Crippen LogP contribution in [0.15, 0.2) is 96.5 Å². The lowest BCUT2D eigenvalue weighted by Crippen LogP contribution is -2.15. The molecule has 1 aliphatic rings. The van der Waals surface area contributed by atoms with Crippen LogP contribution in [0.4, 0.5) is 0 Å². The first-order valence-electron chi connectivity index (χ1n) is 12.1. The molecule has 0 atom stereocenters. The van der Waals surface area contributed by atoms with Crippen LogP contribution in [0.2, 0.25) is 0 Å². The second kappa shape index (κ2) is 6.59. The van der Waals surface area contributed by atoms with Crippen molar-refractivity contribution in [3.05, 3.63) is 108 Å². The smallest absolute Gasteiger partial charge is 0.0833 e. The third kappa shape index (κ3) is 2.36. The minimum Gasteiger partial charge on any atom is -0.307 e. The van der Waals surface area contributed by atoms with Gasteiger partial charge in [0.05, 0.1) is 32.4 Å². The van der Waals surface area contributed by atoms with E-state index in [0.717, 1.165) is 5.52 Å². The number of nitrogens with zero attached hydrogens (tertiary/aromatic N) is 2. The topological polar surface area (TPSA) is 17.8 Å². The lowest BCUT2D eigenvalue weighted by molar-refractivity contribution is 0.666. The molecule has 0 radical (unpaired) electrons. The molecule has 0 saturated heterocycles. The van der Waals surface area contributed by atoms with Crippen LogP contribution in [-0.4, -0.2) is 9.55 Å². The summed E-state index contributed by atoms with van der Waals surface area (Å²) in [5, 5.41) is 5.25. The molecule has 35 heavy (non-hydrogen) atoms. The Kier molecular flexibility index (Phi) is 3.64. The zero-order valence-corrected chi connectivity index (χ0v) is 20.4. The van der Waals surface area contributed by atoms with Crippen LogP contribution in [0, 0.1) is 0 Å². The van der Waals surface area contributed by atoms with E-state index in [0.29, 0.717) is 0 Å². The van der Waals surface area contributed by atoms with Gasteiger partial charge < -0.3 is 4.57 Å². The maximum atomic E-state index is 4.62. The molecule has 5 aromatic carbocycles. The maximum Gasteiger partial charge on any atom is 0.0833 e. The molecule has 8 rings (SSSR count). The van der Waals surface area contributed by atoms with Gasteiger partial charge in [0.1, 0.15) is 0 Å². The van der Waals surface area contributed by atoms with Crippen molar-refractivity contribution in [2.45, 2.75) is 19.3 Å². The van der Waals surface area contributed by atoms with E-state index in [9.17, 15) is 0 Å². The first kappa shape index (κ1) is 19.4. The Morgan fingerprint density at radius 3 is 2.49 bits per heavy atom. The second-order valence-electron chi connectivity index (χ2n) is 10.0. The van der Waals surface area contributed by atoms with Crippen molar-refractivity contribution in [3.63, 3.8) is 0 Å². The van der Waals surface area contributed by atoms with Crippen LogP contribution >= 0.6 is 11.3 Å². The SMILES string of the molecule is CC1(C)c2ccc3c4ccccc4n(-c4cccc5ncsc45)c3c2-c2ccc3ccccc3c21. The Hall–Kier alpha value is -3.95. The Morgan fingerprint density at radius 1 is 0.743 bits per heavy atom. The quantitative estimate of drug-likeness (QED) is 0.236. The van der Waals surface area contributed by atoms with Crippen molar-refractivity contribution in [3.8, 4) is 16.8 Å². The predicted octanol–water partition coefficient (Wildman–Crippen LogP) is 8.85. The maximum absolute atomic E-state index is 4.62. The van der Waals surface area contributed by atoms with E-state index in [1.165, 1.54) is 65.2 Å². The molecule has 7 aromatic rings. The first-order chi connectivity index (χ1) is 17.1. The van der Waals surface area contributed by atoms with Gasteiger partial charge in [0.2, 0.25) is 0 Å². The lowest BCUT2D eigenvalue weighted by atomic mass is 9.80. The minimum absolute atomic E-state index is 0.0858. The summed E-state index contributed by atoms with van der Waals surface area (Å²) in [5.41, 5.74) is 12.2. The van der Waals surface area contributed by atoms with Gasteiger partial charge in [-0.25, -0.2) is 4.98 Å². The molecule has 2 heterocycles. The Labute approximate surface area is 207 Å². The Bertz CT molecular complexity index is 1990. The highest BCUT2D eigenvalue weighted by atomic mass is 32.1. The van der Waals surface area contributed by atoms with E-state index >= 15 is 0 Å². The van der Waals surface area contributed by atoms with Crippen molar-refractivity contribution in [2.75, 3.05) is 0 Å². The number of hydrogen-bond acceptors (Lipinski definition) is 2. The van der Waals surface area contributed by atoms with Gasteiger partial charge in [-0.1, -0.05) is 86.6 Å². The molecule has 0 fully saturated rings. The molecule has 0 N–H and O–H groups in total. The van der Waals surface area contributed by atoms with Crippen molar-refractivity contribution >= 4 is 54.1 Å². The van der Waals surface area contributed by atoms with Gasteiger partial charge in [0.25, 0.3) is 0 Å². The van der Waals surface area contributed by atoms with Crippen molar-refractivity contribution < 1.29 is 0 Å². The number of aromatic nitrogens is 2. The molecule has 0 saturated carbocycles. The van der Waals surface area contributed by atoms with Crippen LogP contribution < -0.4 is 0 Å². The van der Waals surface area contributed by atoms with E-state index < -0.39 is 0 Å². The van der Waals surface area contributed by atoms with Crippen LogP contribution in [0.3, 0.4) is 0 Å². The van der Waals surface area contributed by atoms with Crippen LogP contribution in [-0.2, 0) is 5.41 Å². The van der Waals surface area contributed by atoms with Crippen molar-refractivity contribution in [1.82, 2.24) is 9.55 Å². The first-order valence-corrected chi connectivity index (χ1v) is 12.9. The summed E-state index contributed by atoms with van der Waals surface area (Å²) in [6, 6.07) is 33.5. The summed E-state index contributed by atoms with van der Waals surface area (Å²) in [4.78, 5) is 4.62. The molecule has 2 nitrogen and oxygen atoms in total. The molecule has 0 spiro atoms. The van der Waals surface area contributed by atoms with E-state index in [2.05, 4.69) is 114 Å². The fourth-order valence-corrected chi connectivity index (χ4v) is 7.23. The van der Waals surface area contributed by atoms with Gasteiger partial charge in [0.15, 0.2) is 0 Å². The Balaban J connectivity index is 1.62. The fraction of sp³-hybridized carbons (Fsp3) is 0.0938. The highest BCUT2D eigenvalue weighted by Gasteiger charge is 2.39. The third-order valence-electron chi connectivity index (χ3n) is 7.91. The molecular weight excluding hydrogens is 444 g/mol. The summed E-state index contributed by atoms with van der Waals surface area (Å²) in [6.07, 6.45) is 0. The summed E-state index contributed by atoms with van der Waals surface area (Å²) in [5.74, 6) is 0.